The predicted molar refractivity (Wildman–Crippen MR) is 83.6 cm³/mol. The number of methoxy groups -OCH3 is 1. The largest absolute Gasteiger partial charge is 0.469 e. The van der Waals surface area contributed by atoms with Gasteiger partial charge in [-0.3, -0.25) is 4.79 Å². The summed E-state index contributed by atoms with van der Waals surface area (Å²) in [6.07, 6.45) is 0.907. The number of ether oxygens (including phenoxy) is 2. The quantitative estimate of drug-likeness (QED) is 0.841. The number of benzene rings is 1. The smallest absolute Gasteiger partial charge is 0.410 e. The molecule has 1 N–H and O–H groups in total. The maximum Gasteiger partial charge on any atom is 0.410 e. The van der Waals surface area contributed by atoms with Crippen LogP contribution in [-0.2, 0) is 20.9 Å². The molecule has 0 spiro atoms. The molecule has 1 saturated heterocycles. The lowest BCUT2D eigenvalue weighted by Gasteiger charge is -2.37. The Labute approximate surface area is 136 Å². The zero-order valence-corrected chi connectivity index (χ0v) is 13.3. The molecule has 1 aliphatic rings. The predicted octanol–water partition coefficient (Wildman–Crippen LogP) is 2.10. The lowest BCUT2D eigenvalue weighted by molar-refractivity contribution is -0.144. The van der Waals surface area contributed by atoms with Gasteiger partial charge in [-0.05, 0) is 24.8 Å². The number of carbonyl (C=O) groups is 2. The first kappa shape index (κ1) is 17.3. The van der Waals surface area contributed by atoms with Crippen molar-refractivity contribution in [3.8, 4) is 0 Å². The van der Waals surface area contributed by atoms with Crippen LogP contribution in [0.1, 0.15) is 31.2 Å². The van der Waals surface area contributed by atoms with E-state index in [4.69, 9.17) is 4.74 Å². The first-order valence-electron chi connectivity index (χ1n) is 7.84. The molecule has 6 heteroatoms. The average Bonchev–Trinajstić information content (AvgIpc) is 2.60. The van der Waals surface area contributed by atoms with Crippen LogP contribution >= 0.6 is 0 Å². The number of esters is 1. The highest BCUT2D eigenvalue weighted by Crippen LogP contribution is 2.22. The van der Waals surface area contributed by atoms with E-state index < -0.39 is 24.2 Å². The highest BCUT2D eigenvalue weighted by Gasteiger charge is 2.34. The zero-order chi connectivity index (χ0) is 16.7. The van der Waals surface area contributed by atoms with Crippen LogP contribution in [-0.4, -0.2) is 47.9 Å². The summed E-state index contributed by atoms with van der Waals surface area (Å²) in [5.74, 6) is -0.485. The second-order valence-electron chi connectivity index (χ2n) is 5.64. The molecule has 0 radical (unpaired) electrons. The van der Waals surface area contributed by atoms with E-state index in [1.165, 1.54) is 12.0 Å². The Morgan fingerprint density at radius 1 is 1.30 bits per heavy atom. The molecule has 0 bridgehead atoms. The Morgan fingerprint density at radius 2 is 2.04 bits per heavy atom. The van der Waals surface area contributed by atoms with Gasteiger partial charge in [-0.1, -0.05) is 30.3 Å². The summed E-state index contributed by atoms with van der Waals surface area (Å²) in [7, 11) is 1.28. The minimum Gasteiger partial charge on any atom is -0.469 e. The Balaban J connectivity index is 1.94. The summed E-state index contributed by atoms with van der Waals surface area (Å²) >= 11 is 0. The Bertz CT molecular complexity index is 519. The molecule has 1 heterocycles. The molecule has 0 unspecified atom stereocenters. The van der Waals surface area contributed by atoms with Gasteiger partial charge in [0.15, 0.2) is 0 Å². The van der Waals surface area contributed by atoms with E-state index in [9.17, 15) is 14.7 Å². The first-order chi connectivity index (χ1) is 11.1. The fourth-order valence-electron chi connectivity index (χ4n) is 2.78. The first-order valence-corrected chi connectivity index (χ1v) is 7.84. The number of likely N-dealkylation sites (tertiary alicyclic amines) is 1. The van der Waals surface area contributed by atoms with Crippen molar-refractivity contribution in [3.63, 3.8) is 0 Å². The van der Waals surface area contributed by atoms with Gasteiger partial charge in [-0.25, -0.2) is 4.79 Å². The third-order valence-electron chi connectivity index (χ3n) is 4.04. The number of amides is 1. The number of nitrogens with zero attached hydrogens (tertiary/aromatic N) is 1. The van der Waals surface area contributed by atoms with Crippen LogP contribution in [0.15, 0.2) is 30.3 Å². The van der Waals surface area contributed by atoms with E-state index in [1.54, 1.807) is 0 Å². The van der Waals surface area contributed by atoms with E-state index in [2.05, 4.69) is 4.74 Å². The molecule has 0 saturated carbocycles. The Hall–Kier alpha value is -2.08. The van der Waals surface area contributed by atoms with Crippen molar-refractivity contribution in [1.29, 1.82) is 0 Å². The lowest BCUT2D eigenvalue weighted by Crippen LogP contribution is -2.50. The second-order valence-corrected chi connectivity index (χ2v) is 5.64. The van der Waals surface area contributed by atoms with Crippen LogP contribution in [0.5, 0.6) is 0 Å². The van der Waals surface area contributed by atoms with E-state index in [0.717, 1.165) is 18.4 Å². The summed E-state index contributed by atoms with van der Waals surface area (Å²) in [4.78, 5) is 25.2. The van der Waals surface area contributed by atoms with Crippen LogP contribution in [0, 0.1) is 0 Å². The van der Waals surface area contributed by atoms with E-state index in [1.807, 2.05) is 30.3 Å². The Kier molecular flexibility index (Phi) is 6.40. The van der Waals surface area contributed by atoms with E-state index in [0.29, 0.717) is 13.0 Å². The Morgan fingerprint density at radius 3 is 2.74 bits per heavy atom. The SMILES string of the molecule is COC(=O)C[C@@H](O)[C@@H]1CCCCN1C(=O)OCc1ccccc1. The second kappa shape index (κ2) is 8.53. The molecule has 0 aliphatic carbocycles. The number of rotatable bonds is 5. The molecule has 2 atom stereocenters. The van der Waals surface area contributed by atoms with Crippen molar-refractivity contribution in [3.05, 3.63) is 35.9 Å². The van der Waals surface area contributed by atoms with Gasteiger partial charge in [-0.15, -0.1) is 0 Å². The molecule has 1 aromatic rings. The monoisotopic (exact) mass is 321 g/mol. The third kappa shape index (κ3) is 4.96. The number of aliphatic hydroxyl groups excluding tert-OH is 1. The fraction of sp³-hybridized carbons (Fsp3) is 0.529. The van der Waals surface area contributed by atoms with Crippen molar-refractivity contribution in [1.82, 2.24) is 4.90 Å². The lowest BCUT2D eigenvalue weighted by atomic mass is 9.96. The van der Waals surface area contributed by atoms with Crippen LogP contribution in [0.4, 0.5) is 4.79 Å². The molecular formula is C17H23NO5. The normalized spacial score (nSPS) is 19.0. The standard InChI is InChI=1S/C17H23NO5/c1-22-16(20)11-15(19)14-9-5-6-10-18(14)17(21)23-12-13-7-3-2-4-8-13/h2-4,7-8,14-15,19H,5-6,9-12H2,1H3/t14-,15+/m0/s1. The van der Waals surface area contributed by atoms with Gasteiger partial charge in [-0.2, -0.15) is 0 Å². The molecular weight excluding hydrogens is 298 g/mol. The van der Waals surface area contributed by atoms with E-state index >= 15 is 0 Å². The van der Waals surface area contributed by atoms with Gasteiger partial charge in [0, 0.05) is 6.54 Å². The maximum atomic E-state index is 12.3. The number of piperidine rings is 1. The molecule has 126 valence electrons. The minimum absolute atomic E-state index is 0.121. The highest BCUT2D eigenvalue weighted by molar-refractivity contribution is 5.71. The number of aliphatic hydroxyl groups is 1. The molecule has 6 nitrogen and oxygen atoms in total. The van der Waals surface area contributed by atoms with Crippen molar-refractivity contribution in [2.45, 2.75) is 44.4 Å². The summed E-state index contributed by atoms with van der Waals surface area (Å²) in [6.45, 7) is 0.715. The number of carbonyl (C=O) groups excluding carboxylic acids is 2. The van der Waals surface area contributed by atoms with Gasteiger partial charge in [0.05, 0.1) is 25.7 Å². The van der Waals surface area contributed by atoms with Crippen LogP contribution < -0.4 is 0 Å². The number of hydrogen-bond donors (Lipinski definition) is 1. The summed E-state index contributed by atoms with van der Waals surface area (Å²) in [5, 5.41) is 10.2. The van der Waals surface area contributed by atoms with Crippen molar-refractivity contribution >= 4 is 12.1 Å². The molecule has 0 aromatic heterocycles. The maximum absolute atomic E-state index is 12.3. The fourth-order valence-corrected chi connectivity index (χ4v) is 2.78. The summed E-state index contributed by atoms with van der Waals surface area (Å²) < 4.78 is 9.92. The summed E-state index contributed by atoms with van der Waals surface area (Å²) in [5.41, 5.74) is 0.907. The van der Waals surface area contributed by atoms with Gasteiger partial charge >= 0.3 is 12.1 Å². The third-order valence-corrected chi connectivity index (χ3v) is 4.04. The van der Waals surface area contributed by atoms with Gasteiger partial charge in [0.1, 0.15) is 6.61 Å². The van der Waals surface area contributed by atoms with E-state index in [-0.39, 0.29) is 13.0 Å². The van der Waals surface area contributed by atoms with Crippen LogP contribution in [0.3, 0.4) is 0 Å². The zero-order valence-electron chi connectivity index (χ0n) is 13.3. The highest BCUT2D eigenvalue weighted by atomic mass is 16.6. The molecule has 1 fully saturated rings. The van der Waals surface area contributed by atoms with Gasteiger partial charge < -0.3 is 19.5 Å². The topological polar surface area (TPSA) is 76.1 Å². The minimum atomic E-state index is -0.938. The van der Waals surface area contributed by atoms with Gasteiger partial charge in [0.2, 0.25) is 0 Å². The van der Waals surface area contributed by atoms with Gasteiger partial charge in [0.25, 0.3) is 0 Å². The molecule has 23 heavy (non-hydrogen) atoms. The molecule has 2 rings (SSSR count). The van der Waals surface area contributed by atoms with Crippen molar-refractivity contribution in [2.24, 2.45) is 0 Å². The van der Waals surface area contributed by atoms with Crippen molar-refractivity contribution < 1.29 is 24.2 Å². The molecule has 1 aliphatic heterocycles. The summed E-state index contributed by atoms with van der Waals surface area (Å²) in [6, 6.07) is 9.01. The number of hydrogen-bond acceptors (Lipinski definition) is 5. The average molecular weight is 321 g/mol. The van der Waals surface area contributed by atoms with Crippen LogP contribution in [0.25, 0.3) is 0 Å². The van der Waals surface area contributed by atoms with Crippen molar-refractivity contribution in [2.75, 3.05) is 13.7 Å². The van der Waals surface area contributed by atoms with Crippen LogP contribution in [0.2, 0.25) is 0 Å². The molecule has 1 amide bonds. The molecule has 1 aromatic carbocycles.